The zero-order valence-electron chi connectivity index (χ0n) is 10.1. The topological polar surface area (TPSA) is 49.3 Å². The number of aliphatic hydroxyl groups is 1. The minimum atomic E-state index is -0.840. The van der Waals surface area contributed by atoms with Gasteiger partial charge in [-0.1, -0.05) is 29.3 Å². The fraction of sp³-hybridized carbons (Fsp3) is 0.417. The lowest BCUT2D eigenvalue weighted by atomic mass is 10.1. The van der Waals surface area contributed by atoms with E-state index in [1.165, 1.54) is 11.8 Å². The van der Waals surface area contributed by atoms with Crippen LogP contribution in [-0.4, -0.2) is 29.1 Å². The van der Waals surface area contributed by atoms with E-state index in [0.717, 1.165) is 0 Å². The first kappa shape index (κ1) is 15.6. The van der Waals surface area contributed by atoms with Gasteiger partial charge in [-0.25, -0.2) is 0 Å². The molecule has 0 saturated carbocycles. The molecule has 2 unspecified atom stereocenters. The molecule has 6 heteroatoms. The third-order valence-corrected chi connectivity index (χ3v) is 4.00. The van der Waals surface area contributed by atoms with Gasteiger partial charge in [0, 0.05) is 22.2 Å². The Labute approximate surface area is 121 Å². The molecule has 1 aromatic rings. The summed E-state index contributed by atoms with van der Waals surface area (Å²) in [6.45, 7) is 1.94. The molecular formula is C12H15Cl2NO2S. The number of hydrogen-bond donors (Lipinski definition) is 2. The summed E-state index contributed by atoms with van der Waals surface area (Å²) >= 11 is 13.2. The monoisotopic (exact) mass is 307 g/mol. The van der Waals surface area contributed by atoms with Crippen LogP contribution in [0.1, 0.15) is 18.6 Å². The predicted molar refractivity (Wildman–Crippen MR) is 77.4 cm³/mol. The Hall–Kier alpha value is -0.420. The Morgan fingerprint density at radius 1 is 1.50 bits per heavy atom. The van der Waals surface area contributed by atoms with Gasteiger partial charge in [0.2, 0.25) is 5.91 Å². The van der Waals surface area contributed by atoms with Gasteiger partial charge in [-0.05, 0) is 25.3 Å². The molecule has 0 spiro atoms. The minimum Gasteiger partial charge on any atom is -0.387 e. The van der Waals surface area contributed by atoms with Crippen LogP contribution in [0.3, 0.4) is 0 Å². The smallest absolute Gasteiger partial charge is 0.232 e. The zero-order valence-corrected chi connectivity index (χ0v) is 12.4. The van der Waals surface area contributed by atoms with E-state index in [1.54, 1.807) is 18.2 Å². The summed E-state index contributed by atoms with van der Waals surface area (Å²) in [5.41, 5.74) is 0.554. The SMILES string of the molecule is CSC(C)C(=O)NCC(O)c1ccc(Cl)cc1Cl. The summed E-state index contributed by atoms with van der Waals surface area (Å²) in [5.74, 6) is -0.105. The molecule has 0 bridgehead atoms. The van der Waals surface area contributed by atoms with E-state index in [4.69, 9.17) is 23.2 Å². The van der Waals surface area contributed by atoms with Crippen LogP contribution in [0, 0.1) is 0 Å². The van der Waals surface area contributed by atoms with Crippen molar-refractivity contribution in [1.29, 1.82) is 0 Å². The van der Waals surface area contributed by atoms with Crippen molar-refractivity contribution in [2.45, 2.75) is 18.3 Å². The Bertz CT molecular complexity index is 429. The maximum atomic E-state index is 11.6. The summed E-state index contributed by atoms with van der Waals surface area (Å²) in [4.78, 5) is 11.6. The highest BCUT2D eigenvalue weighted by atomic mass is 35.5. The zero-order chi connectivity index (χ0) is 13.7. The second-order valence-electron chi connectivity index (χ2n) is 3.80. The molecular weight excluding hydrogens is 293 g/mol. The average Bonchev–Trinajstić information content (AvgIpc) is 2.34. The first-order chi connectivity index (χ1) is 8.45. The molecule has 1 rings (SSSR count). The largest absolute Gasteiger partial charge is 0.387 e. The number of aliphatic hydroxyl groups excluding tert-OH is 1. The second-order valence-corrected chi connectivity index (χ2v) is 5.83. The fourth-order valence-electron chi connectivity index (χ4n) is 1.33. The van der Waals surface area contributed by atoms with Crippen LogP contribution in [0.5, 0.6) is 0 Å². The van der Waals surface area contributed by atoms with Crippen molar-refractivity contribution in [2.75, 3.05) is 12.8 Å². The van der Waals surface area contributed by atoms with Crippen molar-refractivity contribution in [3.05, 3.63) is 33.8 Å². The summed E-state index contributed by atoms with van der Waals surface area (Å²) in [6, 6.07) is 4.87. The summed E-state index contributed by atoms with van der Waals surface area (Å²) < 4.78 is 0. The van der Waals surface area contributed by atoms with Crippen molar-refractivity contribution < 1.29 is 9.90 Å². The highest BCUT2D eigenvalue weighted by molar-refractivity contribution is 7.99. The first-order valence-corrected chi connectivity index (χ1v) is 7.43. The van der Waals surface area contributed by atoms with Gasteiger partial charge in [-0.2, -0.15) is 11.8 Å². The standard InChI is InChI=1S/C12H15Cl2NO2S/c1-7(18-2)12(17)15-6-11(16)9-4-3-8(13)5-10(9)14/h3-5,7,11,16H,6H2,1-2H3,(H,15,17). The molecule has 1 aromatic carbocycles. The van der Waals surface area contributed by atoms with Crippen LogP contribution in [-0.2, 0) is 4.79 Å². The number of benzene rings is 1. The van der Waals surface area contributed by atoms with Crippen LogP contribution in [0.4, 0.5) is 0 Å². The van der Waals surface area contributed by atoms with Crippen LogP contribution in [0.25, 0.3) is 0 Å². The number of halogens is 2. The maximum Gasteiger partial charge on any atom is 0.232 e. The molecule has 0 aliphatic carbocycles. The molecule has 2 N–H and O–H groups in total. The molecule has 0 aliphatic heterocycles. The van der Waals surface area contributed by atoms with Gasteiger partial charge >= 0.3 is 0 Å². The third kappa shape index (κ3) is 4.35. The molecule has 0 heterocycles. The second kappa shape index (κ2) is 7.24. The molecule has 18 heavy (non-hydrogen) atoms. The Balaban J connectivity index is 2.60. The van der Waals surface area contributed by atoms with Gasteiger partial charge in [0.25, 0.3) is 0 Å². The predicted octanol–water partition coefficient (Wildman–Crippen LogP) is 2.89. The van der Waals surface area contributed by atoms with E-state index >= 15 is 0 Å². The molecule has 3 nitrogen and oxygen atoms in total. The highest BCUT2D eigenvalue weighted by Crippen LogP contribution is 2.25. The van der Waals surface area contributed by atoms with Crippen molar-refractivity contribution in [2.24, 2.45) is 0 Å². The van der Waals surface area contributed by atoms with Crippen molar-refractivity contribution in [1.82, 2.24) is 5.32 Å². The molecule has 0 saturated heterocycles. The summed E-state index contributed by atoms with van der Waals surface area (Å²) in [7, 11) is 0. The molecule has 0 aromatic heterocycles. The first-order valence-electron chi connectivity index (χ1n) is 5.39. The minimum absolute atomic E-state index is 0.105. The van der Waals surface area contributed by atoms with Gasteiger partial charge in [0.1, 0.15) is 0 Å². The lowest BCUT2D eigenvalue weighted by molar-refractivity contribution is -0.120. The van der Waals surface area contributed by atoms with Gasteiger partial charge in [0.05, 0.1) is 11.4 Å². The van der Waals surface area contributed by atoms with E-state index in [-0.39, 0.29) is 17.7 Å². The van der Waals surface area contributed by atoms with E-state index in [1.807, 2.05) is 13.2 Å². The van der Waals surface area contributed by atoms with E-state index < -0.39 is 6.10 Å². The van der Waals surface area contributed by atoms with Crippen molar-refractivity contribution >= 4 is 40.9 Å². The molecule has 0 fully saturated rings. The Kier molecular flexibility index (Phi) is 6.29. The van der Waals surface area contributed by atoms with Gasteiger partial charge < -0.3 is 10.4 Å². The van der Waals surface area contributed by atoms with Crippen molar-refractivity contribution in [3.63, 3.8) is 0 Å². The van der Waals surface area contributed by atoms with Crippen molar-refractivity contribution in [3.8, 4) is 0 Å². The molecule has 2 atom stereocenters. The number of carbonyl (C=O) groups is 1. The Morgan fingerprint density at radius 2 is 2.17 bits per heavy atom. The molecule has 1 amide bonds. The van der Waals surface area contributed by atoms with E-state index in [0.29, 0.717) is 15.6 Å². The number of amides is 1. The van der Waals surface area contributed by atoms with E-state index in [9.17, 15) is 9.90 Å². The normalized spacial score (nSPS) is 14.1. The highest BCUT2D eigenvalue weighted by Gasteiger charge is 2.15. The lowest BCUT2D eigenvalue weighted by Gasteiger charge is -2.15. The van der Waals surface area contributed by atoms with Crippen LogP contribution >= 0.6 is 35.0 Å². The fourth-order valence-corrected chi connectivity index (χ4v) is 2.16. The molecule has 0 aliphatic rings. The lowest BCUT2D eigenvalue weighted by Crippen LogP contribution is -2.34. The average molecular weight is 308 g/mol. The third-order valence-electron chi connectivity index (χ3n) is 2.51. The number of thioether (sulfide) groups is 1. The molecule has 0 radical (unpaired) electrons. The number of rotatable bonds is 5. The van der Waals surface area contributed by atoms with Gasteiger partial charge in [0.15, 0.2) is 0 Å². The number of nitrogens with one attached hydrogen (secondary N) is 1. The van der Waals surface area contributed by atoms with Gasteiger partial charge in [-0.3, -0.25) is 4.79 Å². The quantitative estimate of drug-likeness (QED) is 0.879. The van der Waals surface area contributed by atoms with Gasteiger partial charge in [-0.15, -0.1) is 0 Å². The summed E-state index contributed by atoms with van der Waals surface area (Å²) in [6.07, 6.45) is 1.02. The number of hydrogen-bond acceptors (Lipinski definition) is 3. The number of carbonyl (C=O) groups excluding carboxylic acids is 1. The van der Waals surface area contributed by atoms with Crippen LogP contribution < -0.4 is 5.32 Å². The summed E-state index contributed by atoms with van der Waals surface area (Å²) in [5, 5.41) is 13.4. The van der Waals surface area contributed by atoms with Crippen LogP contribution in [0.15, 0.2) is 18.2 Å². The molecule has 100 valence electrons. The maximum absolute atomic E-state index is 11.6. The van der Waals surface area contributed by atoms with E-state index in [2.05, 4.69) is 5.32 Å². The Morgan fingerprint density at radius 3 is 2.72 bits per heavy atom. The van der Waals surface area contributed by atoms with Crippen LogP contribution in [0.2, 0.25) is 10.0 Å².